The number of aliphatic hydroxyl groups is 1. The van der Waals surface area contributed by atoms with Crippen molar-refractivity contribution in [1.82, 2.24) is 0 Å². The zero-order valence-electron chi connectivity index (χ0n) is 30.2. The van der Waals surface area contributed by atoms with Gasteiger partial charge in [-0.15, -0.1) is 0 Å². The van der Waals surface area contributed by atoms with Crippen LogP contribution in [0.5, 0.6) is 0 Å². The molecule has 1 unspecified atom stereocenters. The largest absolute Gasteiger partial charge is 1.00 e. The van der Waals surface area contributed by atoms with Crippen LogP contribution >= 0.6 is 0 Å². The average Bonchev–Trinajstić information content (AvgIpc) is 3.11. The summed E-state index contributed by atoms with van der Waals surface area (Å²) in [5, 5.41) is 9.70. The first-order chi connectivity index (χ1) is 22.5. The normalized spacial score (nSPS) is 28.0. The monoisotopic (exact) mass is 1170 g/mol. The standard InChI is InChI=1S/C12H22O32S7.7K/c13-1-4-6(40-47(20,21)22)8(42-49(26,27)28)9(43-50(29,30)31)11(37-4)39-12(3-36-46(17,18)19)10(44-51(32,33)34)7(41-48(23,24)25)5(38-12)2-35-45(14,15)16;;;;;;;/h4-11,13H,1-3H2,(H,14,15,16)(H,17,18,19)(H,20,21,22)(H,23,24,25)(H,26,27,28)(H,29,30,31)(H,32,33,34);;;;;;;/q;7*+1/p-7/t4-,5-,6-,7-,8+,9-,10+,11?,12+;;;;;;;/m1......./s1. The van der Waals surface area contributed by atoms with Gasteiger partial charge in [0.05, 0.1) is 13.2 Å². The van der Waals surface area contributed by atoms with Crippen molar-refractivity contribution in [2.45, 2.75) is 54.8 Å². The van der Waals surface area contributed by atoms with Crippen molar-refractivity contribution in [3.63, 3.8) is 0 Å². The van der Waals surface area contributed by atoms with E-state index in [-0.39, 0.29) is 360 Å². The Bertz CT molecular complexity index is 2050. The summed E-state index contributed by atoms with van der Waals surface area (Å²) >= 11 is 0. The Morgan fingerprint density at radius 2 is 0.828 bits per heavy atom. The third-order valence-electron chi connectivity index (χ3n) is 5.45. The molecule has 2 saturated heterocycles. The van der Waals surface area contributed by atoms with Crippen LogP contribution in [0.15, 0.2) is 0 Å². The molecule has 2 fully saturated rings. The summed E-state index contributed by atoms with van der Waals surface area (Å²) in [5.74, 6) is -4.15. The van der Waals surface area contributed by atoms with E-state index in [0.29, 0.717) is 0 Å². The Morgan fingerprint density at radius 3 is 1.19 bits per heavy atom. The zero-order chi connectivity index (χ0) is 39.8. The molecule has 0 aromatic carbocycles. The molecule has 0 amide bonds. The SMILES string of the molecule is O=S(=O)([O-])OC[C@H]1O[C@@](COS(=O)(=O)[O-])(OC2O[C@H](CO)[C@@H](OS(=O)(=O)[O-])[C@H](OS(=O)(=O)[O-])[C@H]2OS(=O)(=O)[O-])[C@@H](OS(=O)(=O)[O-])[C@@H]1OS(=O)(=O)[O-].[K+].[K+].[K+].[K+].[K+].[K+].[K+]. The van der Waals surface area contributed by atoms with E-state index in [4.69, 9.17) is 14.2 Å². The van der Waals surface area contributed by atoms with Gasteiger partial charge in [0.25, 0.3) is 0 Å². The first kappa shape index (κ1) is 79.8. The van der Waals surface area contributed by atoms with Crippen molar-refractivity contribution < 1.29 is 499 Å². The number of ether oxygens (including phenoxy) is 3. The maximum absolute atomic E-state index is 11.6. The van der Waals surface area contributed by atoms with Gasteiger partial charge >= 0.3 is 360 Å². The maximum Gasteiger partial charge on any atom is 1.00 e. The van der Waals surface area contributed by atoms with Crippen molar-refractivity contribution in [3.05, 3.63) is 0 Å². The van der Waals surface area contributed by atoms with Gasteiger partial charge in [-0.2, -0.15) is 0 Å². The first-order valence-corrected chi connectivity index (χ1v) is 20.9. The molecular weight excluding hydrogens is 1150 g/mol. The van der Waals surface area contributed by atoms with Crippen LogP contribution < -0.4 is 360 Å². The minimum atomic E-state index is -6.47. The molecule has 32 nitrogen and oxygen atoms in total. The number of rotatable bonds is 19. The molecular formula is C12H15K7O32S7. The Labute approximate surface area is 628 Å². The van der Waals surface area contributed by atoms with Gasteiger partial charge in [-0.05, 0) is 0 Å². The van der Waals surface area contributed by atoms with Gasteiger partial charge in [0.2, 0.25) is 78.6 Å². The third-order valence-corrected chi connectivity index (χ3v) is 8.56. The molecule has 0 aliphatic carbocycles. The number of hydrogen-bond donors (Lipinski definition) is 1. The third kappa shape index (κ3) is 31.9. The fourth-order valence-electron chi connectivity index (χ4n) is 4.07. The Balaban J connectivity index is -0.000000966. The minimum absolute atomic E-state index is 0. The molecule has 0 saturated carbocycles. The quantitative estimate of drug-likeness (QED) is 0.0713. The molecule has 46 heteroatoms. The Kier molecular flexibility index (Phi) is 44.9. The molecule has 0 aromatic heterocycles. The molecule has 2 rings (SSSR count). The number of aliphatic hydroxyl groups excluding tert-OH is 1. The molecule has 2 aliphatic heterocycles. The molecule has 0 bridgehead atoms. The van der Waals surface area contributed by atoms with E-state index in [1.54, 1.807) is 0 Å². The zero-order valence-corrected chi connectivity index (χ0v) is 57.8. The van der Waals surface area contributed by atoms with Gasteiger partial charge in [0, 0.05) is 0 Å². The second-order valence-corrected chi connectivity index (χ2v) is 16.1. The summed E-state index contributed by atoms with van der Waals surface area (Å²) < 4.78 is 281. The summed E-state index contributed by atoms with van der Waals surface area (Å²) in [7, 11) is -43.9. The van der Waals surface area contributed by atoms with Crippen LogP contribution in [0.25, 0.3) is 0 Å². The van der Waals surface area contributed by atoms with Crippen LogP contribution in [0.1, 0.15) is 0 Å². The minimum Gasteiger partial charge on any atom is -0.726 e. The molecule has 2 aliphatic rings. The van der Waals surface area contributed by atoms with Gasteiger partial charge in [0.15, 0.2) is 18.5 Å². The first-order valence-electron chi connectivity index (χ1n) is 11.5. The second kappa shape index (κ2) is 32.6. The van der Waals surface area contributed by atoms with Crippen LogP contribution in [0.3, 0.4) is 0 Å². The molecule has 0 spiro atoms. The number of hydrogen-bond acceptors (Lipinski definition) is 32. The van der Waals surface area contributed by atoms with Crippen molar-refractivity contribution in [2.75, 3.05) is 19.8 Å². The van der Waals surface area contributed by atoms with Crippen molar-refractivity contribution in [1.29, 1.82) is 0 Å². The van der Waals surface area contributed by atoms with E-state index in [9.17, 15) is 95.9 Å². The smallest absolute Gasteiger partial charge is 0.726 e. The molecule has 304 valence electrons. The average molecular weight is 1170 g/mol. The summed E-state index contributed by atoms with van der Waals surface area (Å²) in [5.41, 5.74) is 0. The topological polar surface area (TPSA) is 513 Å². The van der Waals surface area contributed by atoms with E-state index < -0.39 is 147 Å². The summed E-state index contributed by atoms with van der Waals surface area (Å²) in [6.45, 7) is -6.20. The molecule has 0 aromatic rings. The van der Waals surface area contributed by atoms with Crippen LogP contribution in [0.2, 0.25) is 0 Å². The van der Waals surface area contributed by atoms with Gasteiger partial charge < -0.3 is 51.2 Å². The van der Waals surface area contributed by atoms with Crippen molar-refractivity contribution >= 4 is 72.8 Å². The molecule has 1 N–H and O–H groups in total. The van der Waals surface area contributed by atoms with Crippen LogP contribution in [-0.4, -0.2) is 171 Å². The van der Waals surface area contributed by atoms with Crippen molar-refractivity contribution in [2.24, 2.45) is 0 Å². The van der Waals surface area contributed by atoms with E-state index in [0.717, 1.165) is 0 Å². The van der Waals surface area contributed by atoms with Crippen LogP contribution in [-0.2, 0) is 116 Å². The molecule has 58 heavy (non-hydrogen) atoms. The Morgan fingerprint density at radius 1 is 0.466 bits per heavy atom. The fourth-order valence-corrected chi connectivity index (χ4v) is 7.16. The summed E-state index contributed by atoms with van der Waals surface area (Å²) in [4.78, 5) is 0. The van der Waals surface area contributed by atoms with Crippen molar-refractivity contribution in [3.8, 4) is 0 Å². The van der Waals surface area contributed by atoms with E-state index in [1.165, 1.54) is 0 Å². The van der Waals surface area contributed by atoms with Gasteiger partial charge in [-0.3, -0.25) is 29.3 Å². The molecule has 0 radical (unpaired) electrons. The Hall–Kier alpha value is 10.4. The maximum atomic E-state index is 11.6. The van der Waals surface area contributed by atoms with E-state index >= 15 is 0 Å². The predicted molar refractivity (Wildman–Crippen MR) is 129 cm³/mol. The van der Waals surface area contributed by atoms with Crippen LogP contribution in [0.4, 0.5) is 0 Å². The molecule has 2 heterocycles. The molecule has 9 atom stereocenters. The predicted octanol–water partition coefficient (Wildman–Crippen LogP) is -30.0. The van der Waals surface area contributed by atoms with Gasteiger partial charge in [0.1, 0.15) is 37.1 Å². The van der Waals surface area contributed by atoms with E-state index in [2.05, 4.69) is 29.3 Å². The van der Waals surface area contributed by atoms with Gasteiger partial charge in [-0.1, -0.05) is 0 Å². The van der Waals surface area contributed by atoms with Gasteiger partial charge in [-0.25, -0.2) is 58.9 Å². The fraction of sp³-hybridized carbons (Fsp3) is 1.00. The second-order valence-electron chi connectivity index (χ2n) is 8.98. The summed E-state index contributed by atoms with van der Waals surface area (Å²) in [6.07, 6.45) is -25.9. The van der Waals surface area contributed by atoms with E-state index in [1.807, 2.05) is 0 Å². The van der Waals surface area contributed by atoms with Crippen LogP contribution in [0, 0.1) is 0 Å². The summed E-state index contributed by atoms with van der Waals surface area (Å²) in [6, 6.07) is 0.